The molecule has 0 radical (unpaired) electrons. The molecule has 1 N–H and O–H groups in total. The molecule has 1 atom stereocenters. The van der Waals surface area contributed by atoms with Gasteiger partial charge in [0.25, 0.3) is 5.91 Å². The highest BCUT2D eigenvalue weighted by molar-refractivity contribution is 5.92. The summed E-state index contributed by atoms with van der Waals surface area (Å²) < 4.78 is 10.7. The van der Waals surface area contributed by atoms with Gasteiger partial charge in [0.2, 0.25) is 5.76 Å². The van der Waals surface area contributed by atoms with E-state index < -0.39 is 0 Å². The van der Waals surface area contributed by atoms with Crippen molar-refractivity contribution < 1.29 is 14.1 Å². The van der Waals surface area contributed by atoms with Gasteiger partial charge in [0, 0.05) is 36.8 Å². The van der Waals surface area contributed by atoms with Gasteiger partial charge < -0.3 is 14.6 Å². The van der Waals surface area contributed by atoms with Crippen LogP contribution in [0.1, 0.15) is 30.8 Å². The molecule has 134 valence electrons. The fraction of sp³-hybridized carbons (Fsp3) is 0.474. The van der Waals surface area contributed by atoms with Crippen molar-refractivity contribution in [3.63, 3.8) is 0 Å². The fourth-order valence-corrected chi connectivity index (χ4v) is 3.05. The Hall–Kier alpha value is -2.18. The van der Waals surface area contributed by atoms with Gasteiger partial charge in [-0.2, -0.15) is 0 Å². The van der Waals surface area contributed by atoms with Crippen molar-refractivity contribution >= 4 is 5.91 Å². The summed E-state index contributed by atoms with van der Waals surface area (Å²) >= 11 is 0. The van der Waals surface area contributed by atoms with Crippen LogP contribution in [0.25, 0.3) is 11.3 Å². The molecule has 1 aliphatic heterocycles. The molecule has 1 saturated heterocycles. The summed E-state index contributed by atoms with van der Waals surface area (Å²) in [7, 11) is 0. The molecule has 0 spiro atoms. The van der Waals surface area contributed by atoms with E-state index in [2.05, 4.69) is 29.2 Å². The van der Waals surface area contributed by atoms with Crippen molar-refractivity contribution in [3.8, 4) is 11.3 Å². The minimum absolute atomic E-state index is 0.0955. The number of hydrogen-bond acceptors (Lipinski definition) is 5. The second kappa shape index (κ2) is 7.80. The molecule has 1 amide bonds. The summed E-state index contributed by atoms with van der Waals surface area (Å²) in [6.45, 7) is 8.14. The number of amides is 1. The van der Waals surface area contributed by atoms with Crippen LogP contribution in [0.5, 0.6) is 0 Å². The van der Waals surface area contributed by atoms with Crippen LogP contribution in [0.2, 0.25) is 0 Å². The van der Waals surface area contributed by atoms with Gasteiger partial charge in [0.15, 0.2) is 0 Å². The standard InChI is InChI=1S/C19H25N3O3/c1-3-19(2,22-9-11-24-12-10-22)14-20-18(23)17-13-16(21-25-17)15-7-5-4-6-8-15/h4-8,13H,3,9-12,14H2,1-2H3,(H,20,23). The van der Waals surface area contributed by atoms with Crippen LogP contribution in [0.4, 0.5) is 0 Å². The molecule has 3 rings (SSSR count). The number of ether oxygens (including phenoxy) is 1. The first-order chi connectivity index (χ1) is 12.1. The van der Waals surface area contributed by atoms with Gasteiger partial charge in [-0.05, 0) is 13.3 Å². The Kier molecular flexibility index (Phi) is 5.50. The highest BCUT2D eigenvalue weighted by Gasteiger charge is 2.32. The van der Waals surface area contributed by atoms with Gasteiger partial charge in [-0.15, -0.1) is 0 Å². The number of aromatic nitrogens is 1. The largest absolute Gasteiger partial charge is 0.379 e. The van der Waals surface area contributed by atoms with Gasteiger partial charge in [-0.3, -0.25) is 9.69 Å². The van der Waals surface area contributed by atoms with Crippen molar-refractivity contribution in [2.24, 2.45) is 0 Å². The summed E-state index contributed by atoms with van der Waals surface area (Å²) in [5.74, 6) is 0.00176. The topological polar surface area (TPSA) is 67.6 Å². The smallest absolute Gasteiger partial charge is 0.289 e. The molecular weight excluding hydrogens is 318 g/mol. The minimum Gasteiger partial charge on any atom is -0.379 e. The molecule has 1 aliphatic rings. The second-order valence-electron chi connectivity index (χ2n) is 6.58. The predicted molar refractivity (Wildman–Crippen MR) is 95.4 cm³/mol. The molecule has 2 heterocycles. The highest BCUT2D eigenvalue weighted by Crippen LogP contribution is 2.21. The molecule has 1 unspecified atom stereocenters. The Balaban J connectivity index is 1.63. The third-order valence-electron chi connectivity index (χ3n) is 4.97. The first kappa shape index (κ1) is 17.6. The Bertz CT molecular complexity index is 695. The molecule has 6 nitrogen and oxygen atoms in total. The van der Waals surface area contributed by atoms with Crippen LogP contribution in [-0.4, -0.2) is 54.4 Å². The minimum atomic E-state index is -0.234. The van der Waals surface area contributed by atoms with Crippen molar-refractivity contribution in [1.29, 1.82) is 0 Å². The van der Waals surface area contributed by atoms with Crippen LogP contribution >= 0.6 is 0 Å². The maximum atomic E-state index is 12.4. The summed E-state index contributed by atoms with van der Waals surface area (Å²) in [6, 6.07) is 11.4. The Labute approximate surface area is 148 Å². The third-order valence-corrected chi connectivity index (χ3v) is 4.97. The van der Waals surface area contributed by atoms with Gasteiger partial charge in [-0.1, -0.05) is 42.4 Å². The quantitative estimate of drug-likeness (QED) is 0.873. The molecular formula is C19H25N3O3. The van der Waals surface area contributed by atoms with Gasteiger partial charge in [0.1, 0.15) is 5.69 Å². The summed E-state index contributed by atoms with van der Waals surface area (Å²) in [6.07, 6.45) is 0.943. The summed E-state index contributed by atoms with van der Waals surface area (Å²) in [5, 5.41) is 7.00. The van der Waals surface area contributed by atoms with E-state index in [9.17, 15) is 4.79 Å². The third kappa shape index (κ3) is 4.08. The molecule has 25 heavy (non-hydrogen) atoms. The maximum absolute atomic E-state index is 12.4. The van der Waals surface area contributed by atoms with E-state index >= 15 is 0 Å². The van der Waals surface area contributed by atoms with Crippen LogP contribution in [-0.2, 0) is 4.74 Å². The van der Waals surface area contributed by atoms with Crippen LogP contribution in [0, 0.1) is 0 Å². The average Bonchev–Trinajstić information content (AvgIpc) is 3.17. The predicted octanol–water partition coefficient (Wildman–Crippen LogP) is 2.57. The van der Waals surface area contributed by atoms with E-state index in [-0.39, 0.29) is 17.2 Å². The Morgan fingerprint density at radius 3 is 2.68 bits per heavy atom. The Morgan fingerprint density at radius 1 is 1.28 bits per heavy atom. The first-order valence-corrected chi connectivity index (χ1v) is 8.75. The monoisotopic (exact) mass is 343 g/mol. The number of rotatable bonds is 6. The number of morpholine rings is 1. The molecule has 6 heteroatoms. The van der Waals surface area contributed by atoms with Gasteiger partial charge in [0.05, 0.1) is 13.2 Å². The number of hydrogen-bond donors (Lipinski definition) is 1. The number of carbonyl (C=O) groups excluding carboxylic acids is 1. The molecule has 1 aromatic carbocycles. The lowest BCUT2D eigenvalue weighted by atomic mass is 9.95. The first-order valence-electron chi connectivity index (χ1n) is 8.75. The highest BCUT2D eigenvalue weighted by atomic mass is 16.5. The number of benzene rings is 1. The van der Waals surface area contributed by atoms with E-state index in [4.69, 9.17) is 9.26 Å². The molecule has 0 saturated carbocycles. The zero-order valence-electron chi connectivity index (χ0n) is 14.8. The lowest BCUT2D eigenvalue weighted by Gasteiger charge is -2.42. The van der Waals surface area contributed by atoms with E-state index in [1.54, 1.807) is 6.07 Å². The van der Waals surface area contributed by atoms with Crippen molar-refractivity contribution in [2.45, 2.75) is 25.8 Å². The van der Waals surface area contributed by atoms with E-state index in [1.165, 1.54) is 0 Å². The summed E-state index contributed by atoms with van der Waals surface area (Å²) in [4.78, 5) is 14.8. The van der Waals surface area contributed by atoms with Crippen molar-refractivity contribution in [2.75, 3.05) is 32.8 Å². The lowest BCUT2D eigenvalue weighted by molar-refractivity contribution is -0.0170. The SMILES string of the molecule is CCC(C)(CNC(=O)c1cc(-c2ccccc2)no1)N1CCOCC1. The molecule has 1 aromatic heterocycles. The number of nitrogens with one attached hydrogen (secondary N) is 1. The average molecular weight is 343 g/mol. The lowest BCUT2D eigenvalue weighted by Crippen LogP contribution is -2.56. The zero-order chi connectivity index (χ0) is 17.7. The fourth-order valence-electron chi connectivity index (χ4n) is 3.05. The number of carbonyl (C=O) groups is 1. The normalized spacial score (nSPS) is 17.8. The van der Waals surface area contributed by atoms with Crippen LogP contribution < -0.4 is 5.32 Å². The van der Waals surface area contributed by atoms with Crippen LogP contribution in [0.3, 0.4) is 0 Å². The van der Waals surface area contributed by atoms with E-state index in [0.717, 1.165) is 38.3 Å². The van der Waals surface area contributed by atoms with E-state index in [1.807, 2.05) is 30.3 Å². The van der Waals surface area contributed by atoms with Gasteiger partial charge in [-0.25, -0.2) is 0 Å². The van der Waals surface area contributed by atoms with Crippen molar-refractivity contribution in [1.82, 2.24) is 15.4 Å². The molecule has 1 fully saturated rings. The van der Waals surface area contributed by atoms with Gasteiger partial charge >= 0.3 is 0 Å². The molecule has 0 bridgehead atoms. The molecule has 0 aliphatic carbocycles. The van der Waals surface area contributed by atoms with E-state index in [0.29, 0.717) is 12.2 Å². The number of nitrogens with zero attached hydrogens (tertiary/aromatic N) is 2. The Morgan fingerprint density at radius 2 is 2.00 bits per heavy atom. The summed E-state index contributed by atoms with van der Waals surface area (Å²) in [5.41, 5.74) is 1.50. The van der Waals surface area contributed by atoms with Crippen LogP contribution in [0.15, 0.2) is 40.9 Å². The molecule has 2 aromatic rings. The maximum Gasteiger partial charge on any atom is 0.289 e. The second-order valence-corrected chi connectivity index (χ2v) is 6.58. The van der Waals surface area contributed by atoms with Crippen molar-refractivity contribution in [3.05, 3.63) is 42.2 Å². The zero-order valence-corrected chi connectivity index (χ0v) is 14.8.